The van der Waals surface area contributed by atoms with Crippen LogP contribution < -0.4 is 11.1 Å². The van der Waals surface area contributed by atoms with Crippen molar-refractivity contribution in [2.24, 2.45) is 0 Å². The Hall–Kier alpha value is -0.980. The second kappa shape index (κ2) is 6.49. The Balaban J connectivity index is 2.41. The monoisotopic (exact) mass is 240 g/mol. The predicted octanol–water partition coefficient (Wildman–Crippen LogP) is 2.70. The van der Waals surface area contributed by atoms with Crippen LogP contribution in [0.25, 0.3) is 0 Å². The molecule has 3 N–H and O–H groups in total. The number of hydrogen-bond acceptors (Lipinski definition) is 3. The molecular formula is C11H13ClN2S. The summed E-state index contributed by atoms with van der Waals surface area (Å²) in [5, 5.41) is 3.84. The van der Waals surface area contributed by atoms with Crippen molar-refractivity contribution < 1.29 is 0 Å². The number of halogens is 1. The van der Waals surface area contributed by atoms with E-state index in [0.717, 1.165) is 23.7 Å². The Morgan fingerprint density at radius 2 is 2.33 bits per heavy atom. The van der Waals surface area contributed by atoms with Crippen LogP contribution in [-0.4, -0.2) is 18.1 Å². The van der Waals surface area contributed by atoms with Crippen molar-refractivity contribution >= 4 is 34.7 Å². The first-order valence-electron chi connectivity index (χ1n) is 4.54. The van der Waals surface area contributed by atoms with Gasteiger partial charge in [-0.25, -0.2) is 0 Å². The maximum Gasteiger partial charge on any atom is 0.0763 e. The van der Waals surface area contributed by atoms with Gasteiger partial charge in [-0.3, -0.25) is 0 Å². The molecule has 0 unspecified atom stereocenters. The van der Waals surface area contributed by atoms with Crippen LogP contribution >= 0.6 is 23.4 Å². The van der Waals surface area contributed by atoms with E-state index < -0.39 is 0 Å². The molecule has 80 valence electrons. The highest BCUT2D eigenvalue weighted by Crippen LogP contribution is 2.27. The van der Waals surface area contributed by atoms with Crippen LogP contribution in [0.4, 0.5) is 11.4 Å². The maximum atomic E-state index is 5.99. The van der Waals surface area contributed by atoms with Crippen LogP contribution in [-0.2, 0) is 0 Å². The number of thioether (sulfide) groups is 1. The highest BCUT2D eigenvalue weighted by molar-refractivity contribution is 7.99. The fraction of sp³-hybridized carbons (Fsp3) is 0.273. The molecule has 15 heavy (non-hydrogen) atoms. The van der Waals surface area contributed by atoms with Crippen LogP contribution in [0.1, 0.15) is 0 Å². The second-order valence-corrected chi connectivity index (χ2v) is 4.40. The molecular weight excluding hydrogens is 228 g/mol. The first-order chi connectivity index (χ1) is 7.25. The van der Waals surface area contributed by atoms with Crippen molar-refractivity contribution in [3.63, 3.8) is 0 Å². The lowest BCUT2D eigenvalue weighted by atomic mass is 10.2. The van der Waals surface area contributed by atoms with E-state index in [2.05, 4.69) is 11.2 Å². The lowest BCUT2D eigenvalue weighted by molar-refractivity contribution is 1.23. The molecule has 0 spiro atoms. The van der Waals surface area contributed by atoms with Gasteiger partial charge in [0.15, 0.2) is 0 Å². The van der Waals surface area contributed by atoms with E-state index >= 15 is 0 Å². The van der Waals surface area contributed by atoms with Gasteiger partial charge in [0.2, 0.25) is 0 Å². The van der Waals surface area contributed by atoms with Gasteiger partial charge in [-0.2, -0.15) is 0 Å². The third-order valence-electron chi connectivity index (χ3n) is 1.78. The van der Waals surface area contributed by atoms with Gasteiger partial charge in [0.05, 0.1) is 22.2 Å². The number of nitrogens with one attached hydrogen (secondary N) is 1. The van der Waals surface area contributed by atoms with Gasteiger partial charge in [0.25, 0.3) is 0 Å². The van der Waals surface area contributed by atoms with E-state index in [1.54, 1.807) is 11.8 Å². The van der Waals surface area contributed by atoms with Crippen molar-refractivity contribution in [3.8, 4) is 12.3 Å². The summed E-state index contributed by atoms with van der Waals surface area (Å²) in [6, 6.07) is 5.47. The summed E-state index contributed by atoms with van der Waals surface area (Å²) in [7, 11) is 0. The minimum absolute atomic E-state index is 0.650. The third kappa shape index (κ3) is 3.94. The molecule has 0 saturated carbocycles. The zero-order valence-electron chi connectivity index (χ0n) is 8.29. The fourth-order valence-electron chi connectivity index (χ4n) is 1.11. The number of anilines is 2. The Morgan fingerprint density at radius 3 is 3.00 bits per heavy atom. The van der Waals surface area contributed by atoms with Crippen LogP contribution in [0.15, 0.2) is 18.2 Å². The molecule has 2 nitrogen and oxygen atoms in total. The standard InChI is InChI=1S/C11H13ClN2S/c1-2-7-15-8-6-14-11-9(12)4-3-5-10(11)13/h1,3-5,14H,6-8,13H2. The van der Waals surface area contributed by atoms with E-state index in [0.29, 0.717) is 10.7 Å². The SMILES string of the molecule is C#CCSCCNc1c(N)cccc1Cl. The van der Waals surface area contributed by atoms with E-state index in [1.165, 1.54) is 0 Å². The summed E-state index contributed by atoms with van der Waals surface area (Å²) >= 11 is 7.69. The normalized spacial score (nSPS) is 9.60. The number of para-hydroxylation sites is 1. The largest absolute Gasteiger partial charge is 0.397 e. The van der Waals surface area contributed by atoms with Crippen LogP contribution in [0.3, 0.4) is 0 Å². The van der Waals surface area contributed by atoms with Crippen molar-refractivity contribution in [1.29, 1.82) is 0 Å². The van der Waals surface area contributed by atoms with Gasteiger partial charge < -0.3 is 11.1 Å². The maximum absolute atomic E-state index is 5.99. The van der Waals surface area contributed by atoms with Crippen LogP contribution in [0, 0.1) is 12.3 Å². The number of rotatable bonds is 5. The van der Waals surface area contributed by atoms with Crippen molar-refractivity contribution in [2.75, 3.05) is 29.1 Å². The molecule has 0 fully saturated rings. The van der Waals surface area contributed by atoms with Gasteiger partial charge >= 0.3 is 0 Å². The minimum Gasteiger partial charge on any atom is -0.397 e. The minimum atomic E-state index is 0.650. The van der Waals surface area contributed by atoms with Gasteiger partial charge in [0, 0.05) is 12.3 Å². The average molecular weight is 241 g/mol. The molecule has 0 aromatic heterocycles. The van der Waals surface area contributed by atoms with Gasteiger partial charge in [-0.15, -0.1) is 18.2 Å². The number of benzene rings is 1. The van der Waals surface area contributed by atoms with Crippen LogP contribution in [0.2, 0.25) is 5.02 Å². The molecule has 1 aromatic carbocycles. The smallest absolute Gasteiger partial charge is 0.0763 e. The van der Waals surface area contributed by atoms with Crippen molar-refractivity contribution in [3.05, 3.63) is 23.2 Å². The lowest BCUT2D eigenvalue weighted by Gasteiger charge is -2.10. The number of hydrogen-bond donors (Lipinski definition) is 2. The Kier molecular flexibility index (Phi) is 5.23. The van der Waals surface area contributed by atoms with Gasteiger partial charge in [-0.1, -0.05) is 23.6 Å². The van der Waals surface area contributed by atoms with Gasteiger partial charge in [0.1, 0.15) is 0 Å². The molecule has 0 aliphatic rings. The van der Waals surface area contributed by atoms with E-state index in [1.807, 2.05) is 18.2 Å². The molecule has 0 saturated heterocycles. The second-order valence-electron chi connectivity index (χ2n) is 2.89. The summed E-state index contributed by atoms with van der Waals surface area (Å²) < 4.78 is 0. The summed E-state index contributed by atoms with van der Waals surface area (Å²) in [4.78, 5) is 0. The number of terminal acetylenes is 1. The zero-order valence-corrected chi connectivity index (χ0v) is 9.87. The van der Waals surface area contributed by atoms with Crippen molar-refractivity contribution in [2.45, 2.75) is 0 Å². The molecule has 4 heteroatoms. The average Bonchev–Trinajstić information content (AvgIpc) is 2.21. The molecule has 0 atom stereocenters. The molecule has 0 radical (unpaired) electrons. The number of nitrogens with two attached hydrogens (primary N) is 1. The summed E-state index contributed by atoms with van der Waals surface area (Å²) in [6.07, 6.45) is 5.14. The zero-order chi connectivity index (χ0) is 11.1. The Labute approximate surface area is 99.6 Å². The molecule has 0 aliphatic carbocycles. The predicted molar refractivity (Wildman–Crippen MR) is 70.5 cm³/mol. The summed E-state index contributed by atoms with van der Waals surface area (Å²) in [6.45, 7) is 0.806. The first-order valence-corrected chi connectivity index (χ1v) is 6.08. The van der Waals surface area contributed by atoms with E-state index in [4.69, 9.17) is 23.8 Å². The summed E-state index contributed by atoms with van der Waals surface area (Å²) in [5.74, 6) is 4.25. The molecule has 0 amide bonds. The number of nitrogen functional groups attached to an aromatic ring is 1. The highest BCUT2D eigenvalue weighted by Gasteiger charge is 2.02. The van der Waals surface area contributed by atoms with E-state index in [9.17, 15) is 0 Å². The van der Waals surface area contributed by atoms with Crippen LogP contribution in [0.5, 0.6) is 0 Å². The third-order valence-corrected chi connectivity index (χ3v) is 2.96. The van der Waals surface area contributed by atoms with Crippen molar-refractivity contribution in [1.82, 2.24) is 0 Å². The molecule has 0 aliphatic heterocycles. The lowest BCUT2D eigenvalue weighted by Crippen LogP contribution is -2.07. The first kappa shape index (κ1) is 12.1. The Bertz CT molecular complexity index is 340. The fourth-order valence-corrected chi connectivity index (χ4v) is 1.86. The molecule has 0 heterocycles. The Morgan fingerprint density at radius 1 is 1.53 bits per heavy atom. The quantitative estimate of drug-likeness (QED) is 0.472. The van der Waals surface area contributed by atoms with Gasteiger partial charge in [-0.05, 0) is 12.1 Å². The molecule has 1 rings (SSSR count). The highest BCUT2D eigenvalue weighted by atomic mass is 35.5. The molecule has 1 aromatic rings. The summed E-state index contributed by atoms with van der Waals surface area (Å²) in [5.41, 5.74) is 7.25. The van der Waals surface area contributed by atoms with E-state index in [-0.39, 0.29) is 0 Å². The molecule has 0 bridgehead atoms. The topological polar surface area (TPSA) is 38.0 Å².